The van der Waals surface area contributed by atoms with Crippen molar-refractivity contribution in [2.45, 2.75) is 0 Å². The lowest BCUT2D eigenvalue weighted by molar-refractivity contribution is 0.100. The first-order valence-electron chi connectivity index (χ1n) is 4.16. The molecule has 0 aliphatic rings. The van der Waals surface area contributed by atoms with Crippen molar-refractivity contribution in [2.24, 2.45) is 5.73 Å². The Hall–Kier alpha value is -2.10. The van der Waals surface area contributed by atoms with Crippen LogP contribution in [0.2, 0.25) is 0 Å². The Morgan fingerprint density at radius 2 is 2.21 bits per heavy atom. The van der Waals surface area contributed by atoms with E-state index in [9.17, 15) is 4.79 Å². The Morgan fingerprint density at radius 3 is 2.79 bits per heavy atom. The zero-order valence-electron chi connectivity index (χ0n) is 7.42. The largest absolute Gasteiger partial charge is 0.366 e. The van der Waals surface area contributed by atoms with Gasteiger partial charge in [-0.1, -0.05) is 6.07 Å². The van der Waals surface area contributed by atoms with Gasteiger partial charge in [0.15, 0.2) is 0 Å². The lowest BCUT2D eigenvalue weighted by Gasteiger charge is -1.98. The third kappa shape index (κ3) is 1.50. The van der Waals surface area contributed by atoms with E-state index in [2.05, 4.69) is 4.98 Å². The van der Waals surface area contributed by atoms with Gasteiger partial charge in [-0.3, -0.25) is 4.79 Å². The van der Waals surface area contributed by atoms with E-state index in [0.29, 0.717) is 5.56 Å². The number of nitrogens with two attached hydrogens (primary N) is 1. The van der Waals surface area contributed by atoms with Crippen molar-refractivity contribution in [3.05, 3.63) is 48.4 Å². The van der Waals surface area contributed by atoms with Crippen LogP contribution in [0, 0.1) is 0 Å². The number of hydrogen-bond donors (Lipinski definition) is 1. The summed E-state index contributed by atoms with van der Waals surface area (Å²) in [5.74, 6) is 0.333. The normalized spacial score (nSPS) is 10.0. The summed E-state index contributed by atoms with van der Waals surface area (Å²) in [6.45, 7) is 0. The smallest absolute Gasteiger partial charge is 0.250 e. The van der Waals surface area contributed by atoms with Crippen molar-refractivity contribution in [3.63, 3.8) is 0 Å². The maximum absolute atomic E-state index is 10.8. The highest BCUT2D eigenvalue weighted by Crippen LogP contribution is 2.06. The van der Waals surface area contributed by atoms with E-state index in [0.717, 1.165) is 5.82 Å². The molecule has 2 N–H and O–H groups in total. The highest BCUT2D eigenvalue weighted by Gasteiger charge is 2.03. The SMILES string of the molecule is NC(=O)c1ccn(-c2ccccn2)c1. The van der Waals surface area contributed by atoms with Gasteiger partial charge in [0.25, 0.3) is 0 Å². The van der Waals surface area contributed by atoms with Crippen LogP contribution in [-0.2, 0) is 0 Å². The van der Waals surface area contributed by atoms with E-state index in [4.69, 9.17) is 5.73 Å². The third-order valence-electron chi connectivity index (χ3n) is 1.89. The van der Waals surface area contributed by atoms with Crippen molar-refractivity contribution in [3.8, 4) is 5.82 Å². The van der Waals surface area contributed by atoms with Gasteiger partial charge in [0.05, 0.1) is 5.56 Å². The summed E-state index contributed by atoms with van der Waals surface area (Å²) in [6.07, 6.45) is 5.10. The topological polar surface area (TPSA) is 60.9 Å². The van der Waals surface area contributed by atoms with E-state index in [1.54, 1.807) is 29.2 Å². The molecule has 0 saturated carbocycles. The number of hydrogen-bond acceptors (Lipinski definition) is 2. The summed E-state index contributed by atoms with van der Waals surface area (Å²) >= 11 is 0. The van der Waals surface area contributed by atoms with Gasteiger partial charge in [0.1, 0.15) is 5.82 Å². The highest BCUT2D eigenvalue weighted by atomic mass is 16.1. The number of primary amides is 1. The number of pyridine rings is 1. The molecule has 4 nitrogen and oxygen atoms in total. The van der Waals surface area contributed by atoms with Crippen molar-refractivity contribution < 1.29 is 4.79 Å². The molecule has 2 rings (SSSR count). The third-order valence-corrected chi connectivity index (χ3v) is 1.89. The Labute approximate surface area is 81.0 Å². The highest BCUT2D eigenvalue weighted by molar-refractivity contribution is 5.92. The maximum atomic E-state index is 10.8. The van der Waals surface area contributed by atoms with Crippen molar-refractivity contribution in [2.75, 3.05) is 0 Å². The minimum atomic E-state index is -0.431. The Morgan fingerprint density at radius 1 is 1.36 bits per heavy atom. The summed E-state index contributed by atoms with van der Waals surface area (Å²) in [5, 5.41) is 0. The van der Waals surface area contributed by atoms with Gasteiger partial charge in [0.2, 0.25) is 5.91 Å². The first kappa shape index (κ1) is 8.50. The molecule has 0 bridgehead atoms. The molecule has 0 atom stereocenters. The van der Waals surface area contributed by atoms with Gasteiger partial charge in [-0.2, -0.15) is 0 Å². The van der Waals surface area contributed by atoms with E-state index >= 15 is 0 Å². The van der Waals surface area contributed by atoms with Gasteiger partial charge < -0.3 is 10.3 Å². The van der Waals surface area contributed by atoms with Crippen LogP contribution in [-0.4, -0.2) is 15.5 Å². The van der Waals surface area contributed by atoms with Gasteiger partial charge in [-0.15, -0.1) is 0 Å². The fourth-order valence-corrected chi connectivity index (χ4v) is 1.19. The average Bonchev–Trinajstić information content (AvgIpc) is 2.68. The minimum absolute atomic E-state index is 0.431. The van der Waals surface area contributed by atoms with Crippen LogP contribution in [0.1, 0.15) is 10.4 Å². The quantitative estimate of drug-likeness (QED) is 0.761. The predicted octanol–water partition coefficient (Wildman–Crippen LogP) is 0.971. The Bertz CT molecular complexity index is 447. The number of amides is 1. The lowest BCUT2D eigenvalue weighted by Crippen LogP contribution is -2.09. The Kier molecular flexibility index (Phi) is 2.02. The van der Waals surface area contributed by atoms with Crippen LogP contribution in [0.15, 0.2) is 42.9 Å². The first-order chi connectivity index (χ1) is 6.77. The molecule has 2 aromatic rings. The van der Waals surface area contributed by atoms with Crippen molar-refractivity contribution in [1.29, 1.82) is 0 Å². The standard InChI is InChI=1S/C10H9N3O/c11-10(14)8-4-6-13(7-8)9-3-1-2-5-12-9/h1-7H,(H2,11,14). The molecule has 0 spiro atoms. The van der Waals surface area contributed by atoms with Gasteiger partial charge >= 0.3 is 0 Å². The first-order valence-corrected chi connectivity index (χ1v) is 4.16. The molecule has 2 heterocycles. The fourth-order valence-electron chi connectivity index (χ4n) is 1.19. The molecular weight excluding hydrogens is 178 g/mol. The molecule has 14 heavy (non-hydrogen) atoms. The summed E-state index contributed by atoms with van der Waals surface area (Å²) in [4.78, 5) is 15.0. The molecule has 0 saturated heterocycles. The average molecular weight is 187 g/mol. The second-order valence-corrected chi connectivity index (χ2v) is 2.86. The second kappa shape index (κ2) is 3.33. The Balaban J connectivity index is 2.39. The number of carbonyl (C=O) groups excluding carboxylic acids is 1. The van der Waals surface area contributed by atoms with Crippen molar-refractivity contribution in [1.82, 2.24) is 9.55 Å². The molecular formula is C10H9N3O. The molecule has 0 aromatic carbocycles. The van der Waals surface area contributed by atoms with Crippen molar-refractivity contribution >= 4 is 5.91 Å². The summed E-state index contributed by atoms with van der Waals surface area (Å²) in [6, 6.07) is 7.23. The minimum Gasteiger partial charge on any atom is -0.366 e. The zero-order valence-corrected chi connectivity index (χ0v) is 7.42. The van der Waals surface area contributed by atoms with Gasteiger partial charge in [-0.05, 0) is 18.2 Å². The molecule has 0 radical (unpaired) electrons. The molecule has 0 unspecified atom stereocenters. The van der Waals surface area contributed by atoms with Crippen LogP contribution in [0.4, 0.5) is 0 Å². The molecule has 0 aliphatic heterocycles. The van der Waals surface area contributed by atoms with Crippen LogP contribution < -0.4 is 5.73 Å². The fraction of sp³-hybridized carbons (Fsp3) is 0. The monoisotopic (exact) mass is 187 g/mol. The van der Waals surface area contributed by atoms with E-state index < -0.39 is 5.91 Å². The number of carbonyl (C=O) groups is 1. The van der Waals surface area contributed by atoms with E-state index in [1.165, 1.54) is 0 Å². The van der Waals surface area contributed by atoms with Crippen LogP contribution in [0.3, 0.4) is 0 Å². The maximum Gasteiger partial charge on any atom is 0.250 e. The lowest BCUT2D eigenvalue weighted by atomic mass is 10.3. The number of nitrogens with zero attached hydrogens (tertiary/aromatic N) is 2. The van der Waals surface area contributed by atoms with Crippen LogP contribution in [0.5, 0.6) is 0 Å². The zero-order chi connectivity index (χ0) is 9.97. The summed E-state index contributed by atoms with van der Waals surface area (Å²) in [7, 11) is 0. The van der Waals surface area contributed by atoms with E-state index in [-0.39, 0.29) is 0 Å². The number of aromatic nitrogens is 2. The predicted molar refractivity (Wildman–Crippen MR) is 52.1 cm³/mol. The van der Waals surface area contributed by atoms with Gasteiger partial charge in [-0.25, -0.2) is 4.98 Å². The number of rotatable bonds is 2. The summed E-state index contributed by atoms with van der Waals surface area (Å²) < 4.78 is 1.75. The van der Waals surface area contributed by atoms with Crippen LogP contribution in [0.25, 0.3) is 5.82 Å². The molecule has 0 aliphatic carbocycles. The van der Waals surface area contributed by atoms with E-state index in [1.807, 2.05) is 18.2 Å². The molecule has 1 amide bonds. The summed E-state index contributed by atoms with van der Waals surface area (Å²) in [5.41, 5.74) is 5.61. The second-order valence-electron chi connectivity index (χ2n) is 2.86. The molecule has 0 fully saturated rings. The molecule has 2 aromatic heterocycles. The molecule has 70 valence electrons. The van der Waals surface area contributed by atoms with Gasteiger partial charge in [0, 0.05) is 18.6 Å². The molecule has 4 heteroatoms. The van der Waals surface area contributed by atoms with Crippen LogP contribution >= 0.6 is 0 Å².